The highest BCUT2D eigenvalue weighted by Gasteiger charge is 2.21. The van der Waals surface area contributed by atoms with E-state index in [0.29, 0.717) is 51.4 Å². The molecule has 1 aliphatic rings. The van der Waals surface area contributed by atoms with Crippen molar-refractivity contribution >= 4 is 28.2 Å². The number of carbonyl (C=O) groups is 1. The van der Waals surface area contributed by atoms with Gasteiger partial charge in [-0.25, -0.2) is 0 Å². The molecule has 2 aromatic carbocycles. The Morgan fingerprint density at radius 3 is 2.45 bits per heavy atom. The van der Waals surface area contributed by atoms with Crippen LogP contribution in [-0.2, 0) is 11.8 Å². The van der Waals surface area contributed by atoms with Crippen molar-refractivity contribution in [3.05, 3.63) is 75.1 Å². The van der Waals surface area contributed by atoms with Crippen molar-refractivity contribution in [2.75, 3.05) is 37.7 Å². The first-order chi connectivity index (χ1) is 15.9. The number of benzene rings is 2. The van der Waals surface area contributed by atoms with E-state index in [9.17, 15) is 19.7 Å². The first-order valence-corrected chi connectivity index (χ1v) is 10.9. The summed E-state index contributed by atoms with van der Waals surface area (Å²) in [6, 6.07) is 15.5. The number of nitro groups is 1. The van der Waals surface area contributed by atoms with Crippen LogP contribution in [0.3, 0.4) is 0 Å². The second-order valence-electron chi connectivity index (χ2n) is 8.02. The van der Waals surface area contributed by atoms with Gasteiger partial charge in [0.15, 0.2) is 0 Å². The van der Waals surface area contributed by atoms with Gasteiger partial charge in [0, 0.05) is 68.9 Å². The lowest BCUT2D eigenvalue weighted by molar-refractivity contribution is -0.384. The summed E-state index contributed by atoms with van der Waals surface area (Å²) in [4.78, 5) is 39.1. The highest BCUT2D eigenvalue weighted by molar-refractivity contribution is 5.85. The number of piperazine rings is 1. The van der Waals surface area contributed by atoms with Gasteiger partial charge >= 0.3 is 0 Å². The monoisotopic (exact) mass is 450 g/mol. The highest BCUT2D eigenvalue weighted by Crippen LogP contribution is 2.24. The second kappa shape index (κ2) is 9.72. The normalized spacial score (nSPS) is 13.8. The largest absolute Gasteiger partial charge is 0.493 e. The van der Waals surface area contributed by atoms with E-state index >= 15 is 0 Å². The summed E-state index contributed by atoms with van der Waals surface area (Å²) in [5.74, 6) is 0.619. The van der Waals surface area contributed by atoms with Crippen LogP contribution < -0.4 is 15.2 Å². The van der Waals surface area contributed by atoms with Gasteiger partial charge in [0.1, 0.15) is 5.75 Å². The number of hydrogen-bond acceptors (Lipinski definition) is 6. The molecule has 9 heteroatoms. The Balaban J connectivity index is 1.25. The van der Waals surface area contributed by atoms with Crippen molar-refractivity contribution in [1.29, 1.82) is 0 Å². The number of nitro benzene ring substituents is 1. The van der Waals surface area contributed by atoms with Gasteiger partial charge in [0.25, 0.3) is 11.2 Å². The van der Waals surface area contributed by atoms with Crippen LogP contribution >= 0.6 is 0 Å². The number of aryl methyl sites for hydroxylation is 1. The van der Waals surface area contributed by atoms with Gasteiger partial charge in [0.2, 0.25) is 5.91 Å². The Bertz CT molecular complexity index is 1210. The number of pyridine rings is 1. The van der Waals surface area contributed by atoms with Crippen molar-refractivity contribution in [3.63, 3.8) is 0 Å². The molecule has 1 saturated heterocycles. The molecule has 9 nitrogen and oxygen atoms in total. The summed E-state index contributed by atoms with van der Waals surface area (Å²) in [6.45, 7) is 2.93. The van der Waals surface area contributed by atoms with Gasteiger partial charge in [-0.15, -0.1) is 0 Å². The number of para-hydroxylation sites is 1. The van der Waals surface area contributed by atoms with E-state index in [4.69, 9.17) is 4.74 Å². The fourth-order valence-corrected chi connectivity index (χ4v) is 4.06. The van der Waals surface area contributed by atoms with E-state index in [1.54, 1.807) is 23.7 Å². The zero-order chi connectivity index (χ0) is 23.4. The Hall–Kier alpha value is -3.88. The van der Waals surface area contributed by atoms with Crippen molar-refractivity contribution < 1.29 is 14.5 Å². The molecule has 0 spiro atoms. The maximum Gasteiger partial charge on any atom is 0.269 e. The molecule has 3 aromatic rings. The number of hydrogen-bond donors (Lipinski definition) is 0. The smallest absolute Gasteiger partial charge is 0.269 e. The third-order valence-electron chi connectivity index (χ3n) is 5.97. The summed E-state index contributed by atoms with van der Waals surface area (Å²) in [5.41, 5.74) is 1.66. The van der Waals surface area contributed by atoms with E-state index in [1.165, 1.54) is 18.2 Å². The van der Waals surface area contributed by atoms with Gasteiger partial charge in [-0.05, 0) is 30.7 Å². The Morgan fingerprint density at radius 1 is 1.06 bits per heavy atom. The molecule has 172 valence electrons. The van der Waals surface area contributed by atoms with E-state index in [0.717, 1.165) is 16.6 Å². The van der Waals surface area contributed by atoms with Gasteiger partial charge in [-0.2, -0.15) is 0 Å². The molecule has 1 amide bonds. The fraction of sp³-hybridized carbons (Fsp3) is 0.333. The Kier molecular flexibility index (Phi) is 6.58. The maximum absolute atomic E-state index is 12.6. The third-order valence-corrected chi connectivity index (χ3v) is 5.97. The minimum absolute atomic E-state index is 0.0682. The summed E-state index contributed by atoms with van der Waals surface area (Å²) < 4.78 is 7.44. The Morgan fingerprint density at radius 2 is 1.76 bits per heavy atom. The molecule has 1 aliphatic heterocycles. The molecular weight excluding hydrogens is 424 g/mol. The van der Waals surface area contributed by atoms with Crippen molar-refractivity contribution in [1.82, 2.24) is 9.47 Å². The van der Waals surface area contributed by atoms with Crippen LogP contribution in [0.5, 0.6) is 5.75 Å². The van der Waals surface area contributed by atoms with E-state index in [1.807, 2.05) is 29.2 Å². The predicted molar refractivity (Wildman–Crippen MR) is 126 cm³/mol. The lowest BCUT2D eigenvalue weighted by Crippen LogP contribution is -2.48. The SMILES string of the molecule is Cn1c(=O)cc(OCCCC(=O)N2CCN(c3ccc([N+](=O)[O-])cc3)CC2)c2ccccc21. The Labute approximate surface area is 190 Å². The number of non-ortho nitro benzene ring substituents is 1. The zero-order valence-electron chi connectivity index (χ0n) is 18.5. The molecule has 4 rings (SSSR count). The molecule has 1 fully saturated rings. The molecule has 0 saturated carbocycles. The molecule has 33 heavy (non-hydrogen) atoms. The molecule has 0 N–H and O–H groups in total. The summed E-state index contributed by atoms with van der Waals surface area (Å²) >= 11 is 0. The topological polar surface area (TPSA) is 97.9 Å². The van der Waals surface area contributed by atoms with Crippen molar-refractivity contribution in [2.24, 2.45) is 7.05 Å². The van der Waals surface area contributed by atoms with Crippen LogP contribution in [0.25, 0.3) is 10.9 Å². The molecule has 2 heterocycles. The van der Waals surface area contributed by atoms with Crippen LogP contribution in [0.4, 0.5) is 11.4 Å². The highest BCUT2D eigenvalue weighted by atomic mass is 16.6. The number of fused-ring (bicyclic) bond motifs is 1. The average Bonchev–Trinajstić information content (AvgIpc) is 2.84. The molecule has 0 unspecified atom stereocenters. The number of aromatic nitrogens is 1. The molecular formula is C24H26N4O5. The van der Waals surface area contributed by atoms with Crippen LogP contribution in [0.1, 0.15) is 12.8 Å². The average molecular weight is 450 g/mol. The minimum atomic E-state index is -0.413. The van der Waals surface area contributed by atoms with Crippen LogP contribution in [0.15, 0.2) is 59.4 Å². The van der Waals surface area contributed by atoms with Gasteiger partial charge in [0.05, 0.1) is 17.0 Å². The molecule has 0 aliphatic carbocycles. The van der Waals surface area contributed by atoms with E-state index < -0.39 is 4.92 Å². The quantitative estimate of drug-likeness (QED) is 0.312. The standard InChI is InChI=1S/C24H26N4O5/c1-25-21-6-3-2-5-20(21)22(17-24(25)30)33-16-4-7-23(29)27-14-12-26(13-15-27)18-8-10-19(11-9-18)28(31)32/h2-3,5-6,8-11,17H,4,7,12-16H2,1H3. The van der Waals surface area contributed by atoms with Crippen LogP contribution in [0.2, 0.25) is 0 Å². The van der Waals surface area contributed by atoms with Gasteiger partial charge in [-0.3, -0.25) is 19.7 Å². The van der Waals surface area contributed by atoms with Crippen molar-refractivity contribution in [2.45, 2.75) is 12.8 Å². The number of carbonyl (C=O) groups excluding carboxylic acids is 1. The second-order valence-corrected chi connectivity index (χ2v) is 8.02. The first-order valence-electron chi connectivity index (χ1n) is 10.9. The third kappa shape index (κ3) is 4.97. The maximum atomic E-state index is 12.6. The van der Waals surface area contributed by atoms with Crippen LogP contribution in [-0.4, -0.2) is 53.1 Å². The summed E-state index contributed by atoms with van der Waals surface area (Å²) in [5, 5.41) is 11.7. The van der Waals surface area contributed by atoms with E-state index in [2.05, 4.69) is 4.90 Å². The lowest BCUT2D eigenvalue weighted by Gasteiger charge is -2.36. The molecule has 0 atom stereocenters. The first kappa shape index (κ1) is 22.3. The van der Waals surface area contributed by atoms with E-state index in [-0.39, 0.29) is 17.2 Å². The number of anilines is 1. The number of rotatable bonds is 7. The molecule has 0 radical (unpaired) electrons. The van der Waals surface area contributed by atoms with Gasteiger partial charge < -0.3 is 19.1 Å². The number of amides is 1. The van der Waals surface area contributed by atoms with Crippen molar-refractivity contribution in [3.8, 4) is 5.75 Å². The molecule has 1 aromatic heterocycles. The number of ether oxygens (including phenoxy) is 1. The molecule has 0 bridgehead atoms. The summed E-state index contributed by atoms with van der Waals surface area (Å²) in [7, 11) is 1.73. The van der Waals surface area contributed by atoms with Gasteiger partial charge in [-0.1, -0.05) is 12.1 Å². The fourth-order valence-electron chi connectivity index (χ4n) is 4.06. The minimum Gasteiger partial charge on any atom is -0.493 e. The number of nitrogens with zero attached hydrogens (tertiary/aromatic N) is 4. The summed E-state index contributed by atoms with van der Waals surface area (Å²) in [6.07, 6.45) is 0.936. The lowest BCUT2D eigenvalue weighted by atomic mass is 10.2. The predicted octanol–water partition coefficient (Wildman–Crippen LogP) is 2.95. The van der Waals surface area contributed by atoms with Crippen LogP contribution in [0, 0.1) is 10.1 Å². The zero-order valence-corrected chi connectivity index (χ0v) is 18.5.